The number of hydrogen-bond acceptors (Lipinski definition) is 7. The number of ether oxygens (including phenoxy) is 4. The van der Waals surface area contributed by atoms with Crippen LogP contribution in [0.1, 0.15) is 43.9 Å². The first-order valence-corrected chi connectivity index (χ1v) is 9.12. The van der Waals surface area contributed by atoms with E-state index >= 15 is 0 Å². The molecule has 0 spiro atoms. The average molecular weight is 363 g/mol. The summed E-state index contributed by atoms with van der Waals surface area (Å²) in [7, 11) is 0. The third kappa shape index (κ3) is 3.93. The van der Waals surface area contributed by atoms with E-state index in [2.05, 4.69) is 4.90 Å². The molecule has 1 aromatic rings. The molecule has 3 rings (SSSR count). The second-order valence-corrected chi connectivity index (χ2v) is 6.25. The minimum absolute atomic E-state index is 0.200. The van der Waals surface area contributed by atoms with Crippen molar-refractivity contribution in [2.45, 2.75) is 39.2 Å². The maximum absolute atomic E-state index is 12.6. The molecule has 0 N–H and O–H groups in total. The summed E-state index contributed by atoms with van der Waals surface area (Å²) in [6.07, 6.45) is 1.78. The van der Waals surface area contributed by atoms with Gasteiger partial charge in [0.1, 0.15) is 6.04 Å². The summed E-state index contributed by atoms with van der Waals surface area (Å²) in [5, 5.41) is 0. The fourth-order valence-corrected chi connectivity index (χ4v) is 3.46. The van der Waals surface area contributed by atoms with Crippen LogP contribution in [-0.2, 0) is 25.5 Å². The van der Waals surface area contributed by atoms with Crippen LogP contribution in [0.3, 0.4) is 0 Å². The Labute approximate surface area is 153 Å². The van der Waals surface area contributed by atoms with E-state index in [1.54, 1.807) is 13.8 Å². The summed E-state index contributed by atoms with van der Waals surface area (Å²) >= 11 is 0. The molecule has 2 aliphatic rings. The molecule has 142 valence electrons. The van der Waals surface area contributed by atoms with E-state index in [-0.39, 0.29) is 18.7 Å². The molecule has 0 bridgehead atoms. The first-order chi connectivity index (χ1) is 12.6. The van der Waals surface area contributed by atoms with Gasteiger partial charge in [-0.1, -0.05) is 0 Å². The van der Waals surface area contributed by atoms with Gasteiger partial charge in [0.2, 0.25) is 6.79 Å². The third-order valence-electron chi connectivity index (χ3n) is 4.60. The van der Waals surface area contributed by atoms with E-state index in [9.17, 15) is 9.59 Å². The number of benzene rings is 1. The molecule has 0 amide bonds. The molecule has 2 heterocycles. The smallest absolute Gasteiger partial charge is 0.328 e. The maximum Gasteiger partial charge on any atom is 0.328 e. The van der Waals surface area contributed by atoms with Crippen molar-refractivity contribution >= 4 is 11.9 Å². The predicted molar refractivity (Wildman–Crippen MR) is 93.1 cm³/mol. The van der Waals surface area contributed by atoms with Crippen LogP contribution in [0.5, 0.6) is 11.5 Å². The van der Waals surface area contributed by atoms with Gasteiger partial charge in [-0.25, -0.2) is 4.79 Å². The van der Waals surface area contributed by atoms with Gasteiger partial charge in [-0.15, -0.1) is 0 Å². The fourth-order valence-electron chi connectivity index (χ4n) is 3.46. The van der Waals surface area contributed by atoms with Crippen molar-refractivity contribution in [3.8, 4) is 11.5 Å². The highest BCUT2D eigenvalue weighted by molar-refractivity contribution is 5.79. The Bertz CT molecular complexity index is 674. The van der Waals surface area contributed by atoms with E-state index in [0.29, 0.717) is 38.3 Å². The van der Waals surface area contributed by atoms with Gasteiger partial charge in [-0.05, 0) is 56.5 Å². The van der Waals surface area contributed by atoms with E-state index in [0.717, 1.165) is 29.8 Å². The normalized spacial score (nSPS) is 18.3. The molecule has 1 aromatic carbocycles. The monoisotopic (exact) mass is 363 g/mol. The third-order valence-corrected chi connectivity index (χ3v) is 4.60. The van der Waals surface area contributed by atoms with Crippen LogP contribution in [0.2, 0.25) is 0 Å². The molecule has 26 heavy (non-hydrogen) atoms. The van der Waals surface area contributed by atoms with Crippen molar-refractivity contribution in [2.75, 3.05) is 33.1 Å². The molecule has 7 heteroatoms. The van der Waals surface area contributed by atoms with Crippen LogP contribution in [0.15, 0.2) is 12.1 Å². The van der Waals surface area contributed by atoms with Crippen molar-refractivity contribution in [3.05, 3.63) is 23.3 Å². The summed E-state index contributed by atoms with van der Waals surface area (Å²) in [5.41, 5.74) is 1.98. The van der Waals surface area contributed by atoms with E-state index in [1.165, 1.54) is 0 Å². The van der Waals surface area contributed by atoms with Crippen molar-refractivity contribution in [3.63, 3.8) is 0 Å². The van der Waals surface area contributed by atoms with Gasteiger partial charge in [-0.3, -0.25) is 9.69 Å². The Balaban J connectivity index is 1.77. The molecule has 0 aromatic heterocycles. The van der Waals surface area contributed by atoms with Gasteiger partial charge in [0, 0.05) is 13.0 Å². The van der Waals surface area contributed by atoms with E-state index < -0.39 is 6.04 Å². The highest BCUT2D eigenvalue weighted by Crippen LogP contribution is 2.40. The second-order valence-electron chi connectivity index (χ2n) is 6.25. The number of carbonyl (C=O) groups is 2. The van der Waals surface area contributed by atoms with Crippen LogP contribution >= 0.6 is 0 Å². The van der Waals surface area contributed by atoms with Crippen LogP contribution in [-0.4, -0.2) is 49.9 Å². The molecule has 1 unspecified atom stereocenters. The lowest BCUT2D eigenvalue weighted by atomic mass is 9.91. The standard InChI is InChI=1S/C19H25NO6/c1-3-23-17(21)6-5-8-20-9-7-13-10-15-16(26-12-25-15)11-14(13)18(20)19(22)24-4-2/h10-11,18H,3-9,12H2,1-2H3. The Kier molecular flexibility index (Phi) is 5.98. The Morgan fingerprint density at radius 3 is 2.62 bits per heavy atom. The quantitative estimate of drug-likeness (QED) is 0.688. The number of rotatable bonds is 7. The topological polar surface area (TPSA) is 74.3 Å². The minimum Gasteiger partial charge on any atom is -0.466 e. The highest BCUT2D eigenvalue weighted by atomic mass is 16.7. The zero-order valence-corrected chi connectivity index (χ0v) is 15.3. The largest absolute Gasteiger partial charge is 0.466 e. The number of carbonyl (C=O) groups excluding carboxylic acids is 2. The summed E-state index contributed by atoms with van der Waals surface area (Å²) in [6, 6.07) is 3.35. The molecule has 0 saturated carbocycles. The van der Waals surface area contributed by atoms with Gasteiger partial charge in [-0.2, -0.15) is 0 Å². The van der Waals surface area contributed by atoms with Crippen molar-refractivity contribution < 1.29 is 28.5 Å². The lowest BCUT2D eigenvalue weighted by Crippen LogP contribution is -2.41. The Hall–Kier alpha value is -2.28. The van der Waals surface area contributed by atoms with Gasteiger partial charge >= 0.3 is 11.9 Å². The van der Waals surface area contributed by atoms with Gasteiger partial charge < -0.3 is 18.9 Å². The van der Waals surface area contributed by atoms with Crippen LogP contribution in [0.4, 0.5) is 0 Å². The number of esters is 2. The molecule has 7 nitrogen and oxygen atoms in total. The lowest BCUT2D eigenvalue weighted by Gasteiger charge is -2.35. The van der Waals surface area contributed by atoms with Gasteiger partial charge in [0.15, 0.2) is 11.5 Å². The SMILES string of the molecule is CCOC(=O)CCCN1CCc2cc3c(cc2C1C(=O)OCC)OCO3. The summed E-state index contributed by atoms with van der Waals surface area (Å²) < 4.78 is 21.2. The molecular weight excluding hydrogens is 338 g/mol. The summed E-state index contributed by atoms with van der Waals surface area (Å²) in [5.74, 6) is 0.901. The second kappa shape index (κ2) is 8.40. The Morgan fingerprint density at radius 1 is 1.15 bits per heavy atom. The van der Waals surface area contributed by atoms with Gasteiger partial charge in [0.05, 0.1) is 13.2 Å². The minimum atomic E-state index is -0.490. The lowest BCUT2D eigenvalue weighted by molar-refractivity contribution is -0.150. The number of hydrogen-bond donors (Lipinski definition) is 0. The fraction of sp³-hybridized carbons (Fsp3) is 0.579. The molecule has 0 radical (unpaired) electrons. The molecule has 1 atom stereocenters. The van der Waals surface area contributed by atoms with Crippen molar-refractivity contribution in [1.82, 2.24) is 4.90 Å². The van der Waals surface area contributed by atoms with Crippen LogP contribution in [0, 0.1) is 0 Å². The first kappa shape index (κ1) is 18.5. The molecule has 0 saturated heterocycles. The molecule has 0 aliphatic carbocycles. The number of fused-ring (bicyclic) bond motifs is 2. The highest BCUT2D eigenvalue weighted by Gasteiger charge is 2.35. The van der Waals surface area contributed by atoms with Crippen LogP contribution in [0.25, 0.3) is 0 Å². The first-order valence-electron chi connectivity index (χ1n) is 9.12. The zero-order chi connectivity index (χ0) is 18.5. The van der Waals surface area contributed by atoms with Crippen LogP contribution < -0.4 is 9.47 Å². The van der Waals surface area contributed by atoms with E-state index in [4.69, 9.17) is 18.9 Å². The summed E-state index contributed by atoms with van der Waals surface area (Å²) in [6.45, 7) is 5.84. The number of nitrogens with zero attached hydrogens (tertiary/aromatic N) is 1. The van der Waals surface area contributed by atoms with Crippen molar-refractivity contribution in [2.24, 2.45) is 0 Å². The predicted octanol–water partition coefficient (Wildman–Crippen LogP) is 2.22. The Morgan fingerprint density at radius 2 is 1.88 bits per heavy atom. The van der Waals surface area contributed by atoms with Gasteiger partial charge in [0.25, 0.3) is 0 Å². The maximum atomic E-state index is 12.6. The molecule has 0 fully saturated rings. The van der Waals surface area contributed by atoms with E-state index in [1.807, 2.05) is 12.1 Å². The molecular formula is C19H25NO6. The average Bonchev–Trinajstić information content (AvgIpc) is 3.07. The molecule has 2 aliphatic heterocycles. The van der Waals surface area contributed by atoms with Crippen molar-refractivity contribution in [1.29, 1.82) is 0 Å². The summed E-state index contributed by atoms with van der Waals surface area (Å²) in [4.78, 5) is 26.3. The zero-order valence-electron chi connectivity index (χ0n) is 15.3.